The highest BCUT2D eigenvalue weighted by atomic mass is 19.2. The van der Waals surface area contributed by atoms with E-state index in [1.165, 1.54) is 0 Å². The lowest BCUT2D eigenvalue weighted by Gasteiger charge is -2.14. The number of amides is 1. The van der Waals surface area contributed by atoms with Crippen LogP contribution in [-0.2, 0) is 6.42 Å². The first kappa shape index (κ1) is 17.7. The predicted octanol–water partition coefficient (Wildman–Crippen LogP) is 4.39. The molecule has 28 heavy (non-hydrogen) atoms. The summed E-state index contributed by atoms with van der Waals surface area (Å²) in [5.74, 6) is -1.47. The number of halogens is 2. The minimum atomic E-state index is -1.21. The van der Waals surface area contributed by atoms with Crippen LogP contribution >= 0.6 is 0 Å². The third kappa shape index (κ3) is 3.44. The van der Waals surface area contributed by atoms with Gasteiger partial charge in [0.25, 0.3) is 0 Å². The molecule has 6 nitrogen and oxygen atoms in total. The van der Waals surface area contributed by atoms with Crippen LogP contribution in [0, 0.1) is 11.6 Å². The first-order chi connectivity index (χ1) is 13.5. The van der Waals surface area contributed by atoms with Gasteiger partial charge in [-0.15, -0.1) is 0 Å². The first-order valence-corrected chi connectivity index (χ1v) is 8.56. The van der Waals surface area contributed by atoms with Gasteiger partial charge in [-0.2, -0.15) is 0 Å². The van der Waals surface area contributed by atoms with Crippen LogP contribution in [0.1, 0.15) is 17.4 Å². The minimum Gasteiger partial charge on any atom is -0.465 e. The second-order valence-corrected chi connectivity index (χ2v) is 6.38. The van der Waals surface area contributed by atoms with Crippen molar-refractivity contribution in [1.82, 2.24) is 20.3 Å². The topological polar surface area (TPSA) is 93.8 Å². The SMILES string of the molecule is O=C(O)NC(Cc1c[nH]c2cc(F)c(F)cc12)c1ncc(-c2ccccc2)[nH]1. The van der Waals surface area contributed by atoms with Gasteiger partial charge in [0, 0.05) is 29.6 Å². The number of rotatable bonds is 5. The Hall–Kier alpha value is -3.68. The average molecular weight is 382 g/mol. The second-order valence-electron chi connectivity index (χ2n) is 6.38. The van der Waals surface area contributed by atoms with Crippen molar-refractivity contribution in [2.45, 2.75) is 12.5 Å². The molecule has 4 N–H and O–H groups in total. The molecule has 0 fully saturated rings. The number of fused-ring (bicyclic) bond motifs is 1. The molecular weight excluding hydrogens is 366 g/mol. The van der Waals surface area contributed by atoms with Crippen molar-refractivity contribution in [3.8, 4) is 11.3 Å². The molecule has 2 aromatic heterocycles. The monoisotopic (exact) mass is 382 g/mol. The number of benzene rings is 2. The third-order valence-corrected chi connectivity index (χ3v) is 4.54. The smallest absolute Gasteiger partial charge is 0.405 e. The fraction of sp³-hybridized carbons (Fsp3) is 0.100. The van der Waals surface area contributed by atoms with Crippen LogP contribution in [0.15, 0.2) is 54.9 Å². The van der Waals surface area contributed by atoms with Crippen LogP contribution in [0.25, 0.3) is 22.2 Å². The van der Waals surface area contributed by atoms with E-state index in [0.717, 1.165) is 23.4 Å². The van der Waals surface area contributed by atoms with Gasteiger partial charge in [0.05, 0.1) is 17.9 Å². The molecule has 0 aliphatic rings. The van der Waals surface area contributed by atoms with E-state index in [0.29, 0.717) is 22.3 Å². The molecule has 0 saturated carbocycles. The minimum absolute atomic E-state index is 0.207. The van der Waals surface area contributed by atoms with E-state index in [4.69, 9.17) is 0 Å². The summed E-state index contributed by atoms with van der Waals surface area (Å²) in [6.07, 6.45) is 2.24. The van der Waals surface area contributed by atoms with Gasteiger partial charge in [-0.3, -0.25) is 0 Å². The molecule has 2 heterocycles. The number of carboxylic acid groups (broad SMARTS) is 1. The number of carbonyl (C=O) groups is 1. The second kappa shape index (κ2) is 7.15. The van der Waals surface area contributed by atoms with Crippen molar-refractivity contribution in [2.24, 2.45) is 0 Å². The normalized spacial score (nSPS) is 12.2. The van der Waals surface area contributed by atoms with Crippen LogP contribution < -0.4 is 5.32 Å². The number of H-pyrrole nitrogens is 2. The molecule has 8 heteroatoms. The van der Waals surface area contributed by atoms with E-state index < -0.39 is 23.8 Å². The highest BCUT2D eigenvalue weighted by Gasteiger charge is 2.21. The number of aromatic amines is 2. The van der Waals surface area contributed by atoms with Gasteiger partial charge < -0.3 is 20.4 Å². The zero-order chi connectivity index (χ0) is 19.7. The fourth-order valence-corrected chi connectivity index (χ4v) is 3.21. The summed E-state index contributed by atoms with van der Waals surface area (Å²) in [5.41, 5.74) is 2.75. The average Bonchev–Trinajstić information content (AvgIpc) is 3.30. The lowest BCUT2D eigenvalue weighted by atomic mass is 10.0. The maximum atomic E-state index is 13.7. The number of aromatic nitrogens is 3. The van der Waals surface area contributed by atoms with Crippen LogP contribution in [-0.4, -0.2) is 26.2 Å². The van der Waals surface area contributed by atoms with Crippen LogP contribution in [0.3, 0.4) is 0 Å². The van der Waals surface area contributed by atoms with Crippen molar-refractivity contribution >= 4 is 17.0 Å². The van der Waals surface area contributed by atoms with Crippen molar-refractivity contribution in [1.29, 1.82) is 0 Å². The molecular formula is C20H16F2N4O2. The molecule has 0 radical (unpaired) electrons. The number of nitrogens with one attached hydrogen (secondary N) is 3. The quantitative estimate of drug-likeness (QED) is 0.412. The molecule has 0 bridgehead atoms. The molecule has 1 atom stereocenters. The van der Waals surface area contributed by atoms with Crippen molar-refractivity contribution < 1.29 is 18.7 Å². The van der Waals surface area contributed by atoms with Crippen LogP contribution in [0.5, 0.6) is 0 Å². The molecule has 1 unspecified atom stereocenters. The maximum absolute atomic E-state index is 13.7. The molecule has 0 spiro atoms. The third-order valence-electron chi connectivity index (χ3n) is 4.54. The van der Waals surface area contributed by atoms with Crippen molar-refractivity contribution in [2.75, 3.05) is 0 Å². The van der Waals surface area contributed by atoms with Crippen molar-refractivity contribution in [3.63, 3.8) is 0 Å². The fourth-order valence-electron chi connectivity index (χ4n) is 3.21. The standard InChI is InChI=1S/C20H16F2N4O2/c21-14-7-13-12(9-23-16(13)8-15(14)22)6-17(26-20(27)28)19-24-10-18(25-19)11-4-2-1-3-5-11/h1-5,7-10,17,23,26H,6H2,(H,24,25)(H,27,28). The van der Waals surface area contributed by atoms with Gasteiger partial charge in [-0.05, 0) is 17.2 Å². The van der Waals surface area contributed by atoms with Crippen LogP contribution in [0.2, 0.25) is 0 Å². The van der Waals surface area contributed by atoms with E-state index in [-0.39, 0.29) is 6.42 Å². The molecule has 4 aromatic rings. The Morgan fingerprint density at radius 3 is 2.68 bits per heavy atom. The van der Waals surface area contributed by atoms with Gasteiger partial charge in [-0.25, -0.2) is 18.6 Å². The maximum Gasteiger partial charge on any atom is 0.405 e. The number of hydrogen-bond donors (Lipinski definition) is 4. The van der Waals surface area contributed by atoms with Crippen molar-refractivity contribution in [3.05, 3.63) is 77.9 Å². The van der Waals surface area contributed by atoms with Gasteiger partial charge in [0.15, 0.2) is 11.6 Å². The van der Waals surface area contributed by atoms with E-state index in [2.05, 4.69) is 20.3 Å². The molecule has 0 aliphatic heterocycles. The summed E-state index contributed by atoms with van der Waals surface area (Å²) >= 11 is 0. The Kier molecular flexibility index (Phi) is 4.52. The largest absolute Gasteiger partial charge is 0.465 e. The molecule has 4 rings (SSSR count). The summed E-state index contributed by atoms with van der Waals surface area (Å²) in [5, 5.41) is 12.1. The molecule has 0 aliphatic carbocycles. The van der Waals surface area contributed by atoms with Gasteiger partial charge in [0.2, 0.25) is 0 Å². The molecule has 0 saturated heterocycles. The van der Waals surface area contributed by atoms with Gasteiger partial charge >= 0.3 is 6.09 Å². The first-order valence-electron chi connectivity index (χ1n) is 8.56. The number of imidazole rings is 1. The Labute approximate surface area is 158 Å². The van der Waals surface area contributed by atoms with E-state index in [1.54, 1.807) is 12.4 Å². The predicted molar refractivity (Wildman–Crippen MR) is 99.8 cm³/mol. The highest BCUT2D eigenvalue weighted by Crippen LogP contribution is 2.27. The summed E-state index contributed by atoms with van der Waals surface area (Å²) in [7, 11) is 0. The Balaban J connectivity index is 1.67. The van der Waals surface area contributed by atoms with Gasteiger partial charge in [-0.1, -0.05) is 30.3 Å². The van der Waals surface area contributed by atoms with E-state index in [9.17, 15) is 18.7 Å². The Morgan fingerprint density at radius 2 is 1.93 bits per heavy atom. The zero-order valence-electron chi connectivity index (χ0n) is 14.5. The molecule has 142 valence electrons. The molecule has 1 amide bonds. The summed E-state index contributed by atoms with van der Waals surface area (Å²) in [6.45, 7) is 0. The lowest BCUT2D eigenvalue weighted by molar-refractivity contribution is 0.189. The van der Waals surface area contributed by atoms with E-state index in [1.807, 2.05) is 30.3 Å². The highest BCUT2D eigenvalue weighted by molar-refractivity contribution is 5.83. The summed E-state index contributed by atoms with van der Waals surface area (Å²) in [4.78, 5) is 21.6. The summed E-state index contributed by atoms with van der Waals surface area (Å²) < 4.78 is 27.1. The Morgan fingerprint density at radius 1 is 1.18 bits per heavy atom. The van der Waals surface area contributed by atoms with Gasteiger partial charge in [0.1, 0.15) is 5.82 Å². The zero-order valence-corrected chi connectivity index (χ0v) is 14.5. The lowest BCUT2D eigenvalue weighted by Crippen LogP contribution is -2.29. The number of nitrogens with zero attached hydrogens (tertiary/aromatic N) is 1. The Bertz CT molecular complexity index is 1140. The van der Waals surface area contributed by atoms with E-state index >= 15 is 0 Å². The summed E-state index contributed by atoms with van der Waals surface area (Å²) in [6, 6.07) is 11.0. The number of hydrogen-bond acceptors (Lipinski definition) is 2. The van der Waals surface area contributed by atoms with Crippen LogP contribution in [0.4, 0.5) is 13.6 Å². The molecule has 2 aromatic carbocycles.